The Bertz CT molecular complexity index is 997. The number of esters is 1. The molecule has 0 unspecified atom stereocenters. The van der Waals surface area contributed by atoms with Crippen molar-refractivity contribution in [3.8, 4) is 5.75 Å². The highest BCUT2D eigenvalue weighted by Gasteiger charge is 2.16. The Labute approximate surface area is 157 Å². The molecule has 0 saturated carbocycles. The molecule has 0 saturated heterocycles. The van der Waals surface area contributed by atoms with E-state index in [2.05, 4.69) is 9.97 Å². The SMILES string of the molecule is CCOc1ccccc1CCC(=O)O[C@@H](C)c1nc2ccccc2c(=O)[nH]1. The lowest BCUT2D eigenvalue weighted by Crippen LogP contribution is -2.17. The number of H-pyrrole nitrogens is 1. The molecule has 0 fully saturated rings. The van der Waals surface area contributed by atoms with Gasteiger partial charge in [-0.05, 0) is 44.0 Å². The predicted octanol–water partition coefficient (Wildman–Crippen LogP) is 3.56. The van der Waals surface area contributed by atoms with Gasteiger partial charge in [0.15, 0.2) is 11.9 Å². The molecule has 27 heavy (non-hydrogen) atoms. The number of carbonyl (C=O) groups excluding carboxylic acids is 1. The molecule has 3 rings (SSSR count). The van der Waals surface area contributed by atoms with Gasteiger partial charge in [-0.2, -0.15) is 0 Å². The first-order valence-electron chi connectivity index (χ1n) is 8.97. The quantitative estimate of drug-likeness (QED) is 0.647. The molecule has 0 aliphatic rings. The zero-order valence-electron chi connectivity index (χ0n) is 15.4. The number of nitrogens with one attached hydrogen (secondary N) is 1. The van der Waals surface area contributed by atoms with Crippen LogP contribution >= 0.6 is 0 Å². The van der Waals surface area contributed by atoms with Crippen molar-refractivity contribution in [2.75, 3.05) is 6.61 Å². The van der Waals surface area contributed by atoms with Crippen molar-refractivity contribution < 1.29 is 14.3 Å². The summed E-state index contributed by atoms with van der Waals surface area (Å²) in [5.74, 6) is 0.757. The second kappa shape index (κ2) is 8.49. The van der Waals surface area contributed by atoms with Gasteiger partial charge in [-0.15, -0.1) is 0 Å². The van der Waals surface area contributed by atoms with Crippen molar-refractivity contribution in [1.29, 1.82) is 0 Å². The maximum Gasteiger partial charge on any atom is 0.306 e. The maximum atomic E-state index is 12.2. The minimum absolute atomic E-state index is 0.215. The third kappa shape index (κ3) is 4.53. The number of benzene rings is 2. The van der Waals surface area contributed by atoms with Gasteiger partial charge in [-0.25, -0.2) is 4.98 Å². The van der Waals surface area contributed by atoms with Gasteiger partial charge in [-0.3, -0.25) is 9.59 Å². The Balaban J connectivity index is 1.65. The first-order chi connectivity index (χ1) is 13.1. The third-order valence-electron chi connectivity index (χ3n) is 4.20. The number of fused-ring (bicyclic) bond motifs is 1. The average Bonchev–Trinajstić information content (AvgIpc) is 2.67. The number of carbonyl (C=O) groups is 1. The summed E-state index contributed by atoms with van der Waals surface area (Å²) in [7, 11) is 0. The molecule has 6 nitrogen and oxygen atoms in total. The number of para-hydroxylation sites is 2. The van der Waals surface area contributed by atoms with Gasteiger partial charge in [0.2, 0.25) is 0 Å². The van der Waals surface area contributed by atoms with E-state index in [4.69, 9.17) is 9.47 Å². The highest BCUT2D eigenvalue weighted by Crippen LogP contribution is 2.21. The van der Waals surface area contributed by atoms with Gasteiger partial charge in [0, 0.05) is 6.42 Å². The number of nitrogens with zero attached hydrogens (tertiary/aromatic N) is 1. The van der Waals surface area contributed by atoms with E-state index in [0.717, 1.165) is 11.3 Å². The van der Waals surface area contributed by atoms with Crippen LogP contribution in [0, 0.1) is 0 Å². The molecule has 1 N–H and O–H groups in total. The highest BCUT2D eigenvalue weighted by molar-refractivity contribution is 5.77. The van der Waals surface area contributed by atoms with Crippen LogP contribution in [0.2, 0.25) is 0 Å². The van der Waals surface area contributed by atoms with Crippen molar-refractivity contribution in [1.82, 2.24) is 9.97 Å². The molecule has 0 amide bonds. The lowest BCUT2D eigenvalue weighted by Gasteiger charge is -2.14. The molecule has 0 radical (unpaired) electrons. The zero-order chi connectivity index (χ0) is 19.2. The Morgan fingerprint density at radius 2 is 1.89 bits per heavy atom. The van der Waals surface area contributed by atoms with E-state index in [-0.39, 0.29) is 17.9 Å². The molecular weight excluding hydrogens is 344 g/mol. The molecule has 0 aliphatic carbocycles. The number of aromatic nitrogens is 2. The Kier molecular flexibility index (Phi) is 5.86. The number of hydrogen-bond acceptors (Lipinski definition) is 5. The van der Waals surface area contributed by atoms with E-state index < -0.39 is 6.10 Å². The van der Waals surface area contributed by atoms with Crippen molar-refractivity contribution >= 4 is 16.9 Å². The number of aryl methyl sites for hydroxylation is 1. The lowest BCUT2D eigenvalue weighted by molar-refractivity contribution is -0.148. The molecule has 6 heteroatoms. The van der Waals surface area contributed by atoms with Crippen LogP contribution in [-0.4, -0.2) is 22.5 Å². The van der Waals surface area contributed by atoms with Gasteiger partial charge >= 0.3 is 5.97 Å². The van der Waals surface area contributed by atoms with E-state index in [9.17, 15) is 9.59 Å². The summed E-state index contributed by atoms with van der Waals surface area (Å²) in [5.41, 5.74) is 1.29. The summed E-state index contributed by atoms with van der Waals surface area (Å²) in [6.45, 7) is 4.18. The summed E-state index contributed by atoms with van der Waals surface area (Å²) in [6, 6.07) is 14.7. The second-order valence-corrected chi connectivity index (χ2v) is 6.14. The van der Waals surface area contributed by atoms with Crippen molar-refractivity contribution in [2.24, 2.45) is 0 Å². The topological polar surface area (TPSA) is 81.3 Å². The normalized spacial score (nSPS) is 11.9. The minimum atomic E-state index is -0.642. The standard InChI is InChI=1S/C21H22N2O4/c1-3-26-18-11-7-4-8-15(18)12-13-19(24)27-14(2)20-22-17-10-6-5-9-16(17)21(25)23-20/h4-11,14H,3,12-13H2,1-2H3,(H,22,23,25)/t14-/m0/s1. The van der Waals surface area contributed by atoms with Crippen molar-refractivity contribution in [3.63, 3.8) is 0 Å². The van der Waals surface area contributed by atoms with Gasteiger partial charge < -0.3 is 14.5 Å². The highest BCUT2D eigenvalue weighted by atomic mass is 16.5. The first kappa shape index (κ1) is 18.6. The molecule has 1 atom stereocenters. The Hall–Kier alpha value is -3.15. The van der Waals surface area contributed by atoms with E-state index in [1.54, 1.807) is 25.1 Å². The van der Waals surface area contributed by atoms with Gasteiger partial charge in [0.1, 0.15) is 5.75 Å². The van der Waals surface area contributed by atoms with Crippen LogP contribution in [0.5, 0.6) is 5.75 Å². The average molecular weight is 366 g/mol. The number of aromatic amines is 1. The summed E-state index contributed by atoms with van der Waals surface area (Å²) in [5, 5.41) is 0.507. The molecule has 2 aromatic carbocycles. The number of ether oxygens (including phenoxy) is 2. The van der Waals surface area contributed by atoms with Crippen LogP contribution in [0.4, 0.5) is 0 Å². The van der Waals surface area contributed by atoms with Crippen LogP contribution < -0.4 is 10.3 Å². The van der Waals surface area contributed by atoms with Crippen LogP contribution in [0.25, 0.3) is 10.9 Å². The van der Waals surface area contributed by atoms with E-state index >= 15 is 0 Å². The van der Waals surface area contributed by atoms with E-state index in [0.29, 0.717) is 29.8 Å². The fraction of sp³-hybridized carbons (Fsp3) is 0.286. The van der Waals surface area contributed by atoms with Crippen LogP contribution in [0.3, 0.4) is 0 Å². The first-order valence-corrected chi connectivity index (χ1v) is 8.97. The van der Waals surface area contributed by atoms with Gasteiger partial charge in [0.25, 0.3) is 5.56 Å². The second-order valence-electron chi connectivity index (χ2n) is 6.14. The molecule has 3 aromatic rings. The van der Waals surface area contributed by atoms with Gasteiger partial charge in [-0.1, -0.05) is 30.3 Å². The Morgan fingerprint density at radius 1 is 1.15 bits per heavy atom. The largest absolute Gasteiger partial charge is 0.494 e. The molecule has 1 aromatic heterocycles. The molecule has 0 aliphatic heterocycles. The molecular formula is C21H22N2O4. The zero-order valence-corrected chi connectivity index (χ0v) is 15.4. The fourth-order valence-corrected chi connectivity index (χ4v) is 2.85. The Morgan fingerprint density at radius 3 is 2.70 bits per heavy atom. The van der Waals surface area contributed by atoms with Crippen LogP contribution in [-0.2, 0) is 16.0 Å². The monoisotopic (exact) mass is 366 g/mol. The molecule has 1 heterocycles. The van der Waals surface area contributed by atoms with E-state index in [1.165, 1.54) is 0 Å². The smallest absolute Gasteiger partial charge is 0.306 e. The summed E-state index contributed by atoms with van der Waals surface area (Å²) in [6.07, 6.45) is 0.0901. The fourth-order valence-electron chi connectivity index (χ4n) is 2.85. The molecule has 140 valence electrons. The molecule has 0 bridgehead atoms. The van der Waals surface area contributed by atoms with Gasteiger partial charge in [0.05, 0.1) is 17.5 Å². The van der Waals surface area contributed by atoms with Crippen LogP contribution in [0.1, 0.15) is 37.8 Å². The minimum Gasteiger partial charge on any atom is -0.494 e. The number of hydrogen-bond donors (Lipinski definition) is 1. The third-order valence-corrected chi connectivity index (χ3v) is 4.20. The maximum absolute atomic E-state index is 12.2. The molecule has 0 spiro atoms. The number of rotatable bonds is 7. The lowest BCUT2D eigenvalue weighted by atomic mass is 10.1. The summed E-state index contributed by atoms with van der Waals surface area (Å²) < 4.78 is 11.0. The van der Waals surface area contributed by atoms with Crippen LogP contribution in [0.15, 0.2) is 53.3 Å². The predicted molar refractivity (Wildman–Crippen MR) is 103 cm³/mol. The summed E-state index contributed by atoms with van der Waals surface area (Å²) in [4.78, 5) is 31.5. The van der Waals surface area contributed by atoms with E-state index in [1.807, 2.05) is 37.3 Å². The summed E-state index contributed by atoms with van der Waals surface area (Å²) >= 11 is 0. The van der Waals surface area contributed by atoms with Crippen molar-refractivity contribution in [3.05, 3.63) is 70.3 Å². The van der Waals surface area contributed by atoms with Crippen molar-refractivity contribution in [2.45, 2.75) is 32.8 Å².